The Bertz CT molecular complexity index is 703. The van der Waals surface area contributed by atoms with E-state index in [0.29, 0.717) is 17.3 Å². The van der Waals surface area contributed by atoms with Gasteiger partial charge in [-0.25, -0.2) is 4.98 Å². The number of furan rings is 1. The fourth-order valence-electron chi connectivity index (χ4n) is 1.65. The maximum absolute atomic E-state index is 11.6. The maximum Gasteiger partial charge on any atom is 0.251 e. The zero-order valence-corrected chi connectivity index (χ0v) is 9.33. The van der Waals surface area contributed by atoms with Crippen molar-refractivity contribution < 1.29 is 4.42 Å². The number of hydrogen-bond donors (Lipinski definition) is 1. The maximum atomic E-state index is 11.6. The molecule has 5 heteroatoms. The Balaban J connectivity index is 2.15. The summed E-state index contributed by atoms with van der Waals surface area (Å²) in [5.41, 5.74) is 1.09. The number of H-pyrrole nitrogens is 1. The highest BCUT2D eigenvalue weighted by atomic mass is 16.3. The molecule has 0 aliphatic carbocycles. The van der Waals surface area contributed by atoms with E-state index in [1.54, 1.807) is 42.9 Å². The molecular weight excluding hydrogens is 230 g/mol. The van der Waals surface area contributed by atoms with Crippen molar-refractivity contribution in [1.82, 2.24) is 15.0 Å². The molecular formula is C13H9N3O2. The molecule has 3 aromatic rings. The van der Waals surface area contributed by atoms with E-state index in [1.165, 1.54) is 6.07 Å². The third-order valence-electron chi connectivity index (χ3n) is 2.47. The molecule has 18 heavy (non-hydrogen) atoms. The van der Waals surface area contributed by atoms with Crippen LogP contribution in [0, 0.1) is 0 Å². The Kier molecular flexibility index (Phi) is 2.49. The van der Waals surface area contributed by atoms with E-state index in [0.717, 1.165) is 5.56 Å². The Morgan fingerprint density at radius 3 is 2.72 bits per heavy atom. The molecule has 0 aliphatic rings. The molecule has 0 unspecified atom stereocenters. The normalized spacial score (nSPS) is 10.4. The van der Waals surface area contributed by atoms with Gasteiger partial charge in [0.1, 0.15) is 11.5 Å². The van der Waals surface area contributed by atoms with Crippen molar-refractivity contribution in [1.29, 1.82) is 0 Å². The van der Waals surface area contributed by atoms with Crippen LogP contribution in [0.5, 0.6) is 0 Å². The van der Waals surface area contributed by atoms with Crippen molar-refractivity contribution in [3.8, 4) is 22.8 Å². The minimum absolute atomic E-state index is 0.219. The number of rotatable bonds is 2. The summed E-state index contributed by atoms with van der Waals surface area (Å²) in [6.45, 7) is 0. The van der Waals surface area contributed by atoms with E-state index in [-0.39, 0.29) is 5.56 Å². The summed E-state index contributed by atoms with van der Waals surface area (Å²) in [6, 6.07) is 8.49. The van der Waals surface area contributed by atoms with Gasteiger partial charge in [-0.05, 0) is 24.3 Å². The molecule has 0 radical (unpaired) electrons. The second-order valence-electron chi connectivity index (χ2n) is 3.69. The number of nitrogens with one attached hydrogen (secondary N) is 1. The summed E-state index contributed by atoms with van der Waals surface area (Å²) in [5.74, 6) is 1.06. The van der Waals surface area contributed by atoms with Gasteiger partial charge in [-0.1, -0.05) is 0 Å². The van der Waals surface area contributed by atoms with Crippen molar-refractivity contribution >= 4 is 0 Å². The quantitative estimate of drug-likeness (QED) is 0.743. The topological polar surface area (TPSA) is 71.8 Å². The molecule has 3 rings (SSSR count). The molecule has 0 saturated carbocycles. The summed E-state index contributed by atoms with van der Waals surface area (Å²) < 4.78 is 5.24. The number of aromatic nitrogens is 3. The van der Waals surface area contributed by atoms with Crippen LogP contribution in [-0.4, -0.2) is 15.0 Å². The molecule has 0 fully saturated rings. The second kappa shape index (κ2) is 4.29. The Hall–Kier alpha value is -2.69. The summed E-state index contributed by atoms with van der Waals surface area (Å²) in [7, 11) is 0. The zero-order chi connectivity index (χ0) is 12.4. The fraction of sp³-hybridized carbons (Fsp3) is 0. The number of nitrogens with zero attached hydrogens (tertiary/aromatic N) is 2. The first-order valence-corrected chi connectivity index (χ1v) is 5.38. The number of hydrogen-bond acceptors (Lipinski definition) is 4. The van der Waals surface area contributed by atoms with Crippen molar-refractivity contribution in [2.24, 2.45) is 0 Å². The minimum atomic E-state index is -0.219. The van der Waals surface area contributed by atoms with Gasteiger partial charge in [0.05, 0.1) is 6.26 Å². The molecule has 3 heterocycles. The zero-order valence-electron chi connectivity index (χ0n) is 9.33. The van der Waals surface area contributed by atoms with Crippen LogP contribution in [0.3, 0.4) is 0 Å². The summed E-state index contributed by atoms with van der Waals surface area (Å²) in [4.78, 5) is 22.6. The smallest absolute Gasteiger partial charge is 0.251 e. The Morgan fingerprint density at radius 1 is 1.17 bits per heavy atom. The molecule has 88 valence electrons. The first kappa shape index (κ1) is 10.5. The summed E-state index contributed by atoms with van der Waals surface area (Å²) in [5, 5.41) is 0. The highest BCUT2D eigenvalue weighted by Crippen LogP contribution is 2.18. The largest absolute Gasteiger partial charge is 0.463 e. The first-order chi connectivity index (χ1) is 8.83. The third kappa shape index (κ3) is 1.93. The van der Waals surface area contributed by atoms with Crippen LogP contribution in [0.4, 0.5) is 0 Å². The van der Waals surface area contributed by atoms with Gasteiger partial charge >= 0.3 is 0 Å². The van der Waals surface area contributed by atoms with Crippen LogP contribution >= 0.6 is 0 Å². The van der Waals surface area contributed by atoms with Gasteiger partial charge in [0.15, 0.2) is 5.76 Å². The predicted octanol–water partition coefficient (Wildman–Crippen LogP) is 2.09. The summed E-state index contributed by atoms with van der Waals surface area (Å²) in [6.07, 6.45) is 4.84. The highest BCUT2D eigenvalue weighted by Gasteiger charge is 2.07. The van der Waals surface area contributed by atoms with E-state index in [2.05, 4.69) is 15.0 Å². The molecule has 0 aliphatic heterocycles. The lowest BCUT2D eigenvalue weighted by Gasteiger charge is -2.02. The van der Waals surface area contributed by atoms with Gasteiger partial charge in [-0.15, -0.1) is 0 Å². The van der Waals surface area contributed by atoms with Crippen molar-refractivity contribution in [3.05, 3.63) is 59.3 Å². The number of pyridine rings is 1. The van der Waals surface area contributed by atoms with E-state index in [4.69, 9.17) is 4.42 Å². The summed E-state index contributed by atoms with van der Waals surface area (Å²) >= 11 is 0. The van der Waals surface area contributed by atoms with Crippen LogP contribution < -0.4 is 5.56 Å². The second-order valence-corrected chi connectivity index (χ2v) is 3.69. The average molecular weight is 239 g/mol. The molecule has 0 saturated heterocycles. The highest BCUT2D eigenvalue weighted by molar-refractivity contribution is 5.59. The molecule has 1 N–H and O–H groups in total. The van der Waals surface area contributed by atoms with Crippen LogP contribution in [0.15, 0.2) is 58.2 Å². The molecule has 0 aromatic carbocycles. The predicted molar refractivity (Wildman–Crippen MR) is 65.8 cm³/mol. The molecule has 0 spiro atoms. The molecule has 0 amide bonds. The third-order valence-corrected chi connectivity index (χ3v) is 2.47. The van der Waals surface area contributed by atoms with Gasteiger partial charge in [0, 0.05) is 24.0 Å². The van der Waals surface area contributed by atoms with Crippen molar-refractivity contribution in [2.45, 2.75) is 0 Å². The van der Waals surface area contributed by atoms with Gasteiger partial charge < -0.3 is 9.40 Å². The lowest BCUT2D eigenvalue weighted by atomic mass is 10.2. The van der Waals surface area contributed by atoms with Crippen LogP contribution in [0.2, 0.25) is 0 Å². The minimum Gasteiger partial charge on any atom is -0.463 e. The van der Waals surface area contributed by atoms with Gasteiger partial charge in [-0.2, -0.15) is 0 Å². The molecule has 0 atom stereocenters. The van der Waals surface area contributed by atoms with Crippen molar-refractivity contribution in [2.75, 3.05) is 0 Å². The lowest BCUT2D eigenvalue weighted by Crippen LogP contribution is -2.08. The van der Waals surface area contributed by atoms with E-state index < -0.39 is 0 Å². The average Bonchev–Trinajstić information content (AvgIpc) is 2.93. The van der Waals surface area contributed by atoms with E-state index >= 15 is 0 Å². The van der Waals surface area contributed by atoms with Crippen LogP contribution in [-0.2, 0) is 0 Å². The van der Waals surface area contributed by atoms with Gasteiger partial charge in [0.25, 0.3) is 5.56 Å². The molecule has 3 aromatic heterocycles. The van der Waals surface area contributed by atoms with Crippen LogP contribution in [0.1, 0.15) is 0 Å². The lowest BCUT2D eigenvalue weighted by molar-refractivity contribution is 0.580. The van der Waals surface area contributed by atoms with E-state index in [9.17, 15) is 4.79 Å². The molecule has 5 nitrogen and oxygen atoms in total. The van der Waals surface area contributed by atoms with Crippen LogP contribution in [0.25, 0.3) is 22.8 Å². The molecule has 0 bridgehead atoms. The SMILES string of the molecule is O=c1cc(-c2ccco2)nc(-c2ccncc2)[nH]1. The Morgan fingerprint density at radius 2 is 2.00 bits per heavy atom. The Labute approximate surface area is 102 Å². The monoisotopic (exact) mass is 239 g/mol. The van der Waals surface area contributed by atoms with Gasteiger partial charge in [-0.3, -0.25) is 9.78 Å². The van der Waals surface area contributed by atoms with Gasteiger partial charge in [0.2, 0.25) is 0 Å². The van der Waals surface area contributed by atoms with E-state index in [1.807, 2.05) is 0 Å². The standard InChI is InChI=1S/C13H9N3O2/c17-12-8-10(11-2-1-7-18-11)15-13(16-12)9-3-5-14-6-4-9/h1-8H,(H,15,16,17). The first-order valence-electron chi connectivity index (χ1n) is 5.38. The number of aromatic amines is 1. The fourth-order valence-corrected chi connectivity index (χ4v) is 1.65. The van der Waals surface area contributed by atoms with Crippen molar-refractivity contribution in [3.63, 3.8) is 0 Å².